The van der Waals surface area contributed by atoms with Crippen LogP contribution in [0.25, 0.3) is 0 Å². The number of carbonyl (C=O) groups is 1. The molecule has 2 aromatic rings. The number of hydrogen-bond donors (Lipinski definition) is 0. The predicted octanol–water partition coefficient (Wildman–Crippen LogP) is 4.79. The molecule has 1 aliphatic rings. The van der Waals surface area contributed by atoms with Gasteiger partial charge in [0.25, 0.3) is 0 Å². The highest BCUT2D eigenvalue weighted by atomic mass is 32.2. The van der Waals surface area contributed by atoms with Gasteiger partial charge in [-0.15, -0.1) is 0 Å². The number of benzene rings is 1. The van der Waals surface area contributed by atoms with Gasteiger partial charge in [0.1, 0.15) is 10.1 Å². The van der Waals surface area contributed by atoms with Crippen LogP contribution in [-0.4, -0.2) is 17.5 Å². The molecule has 6 heteroatoms. The fraction of sp³-hybridized carbons (Fsp3) is 0.250. The lowest BCUT2D eigenvalue weighted by Gasteiger charge is -2.16. The van der Waals surface area contributed by atoms with Gasteiger partial charge in [-0.3, -0.25) is 0 Å². The Kier molecular flexibility index (Phi) is 4.59. The number of rotatable bonds is 3. The maximum atomic E-state index is 11.4. The largest absolute Gasteiger partial charge is 0.463 e. The molecule has 22 heavy (non-hydrogen) atoms. The van der Waals surface area contributed by atoms with Gasteiger partial charge in [-0.1, -0.05) is 41.7 Å². The number of para-hydroxylation sites is 1. The van der Waals surface area contributed by atoms with Crippen molar-refractivity contribution >= 4 is 39.6 Å². The number of nitrogens with zero attached hydrogens (tertiary/aromatic N) is 1. The lowest BCUT2D eigenvalue weighted by atomic mass is 10.2. The zero-order valence-corrected chi connectivity index (χ0v) is 13.9. The average molecular weight is 333 g/mol. The summed E-state index contributed by atoms with van der Waals surface area (Å²) in [6, 6.07) is 11.6. The number of aliphatic imine (C=N–C) groups is 1. The number of thioether (sulfide) groups is 2. The maximum Gasteiger partial charge on any atom is 0.373 e. The number of fused-ring (bicyclic) bond motifs is 1. The van der Waals surface area contributed by atoms with Crippen LogP contribution in [-0.2, 0) is 10.5 Å². The first-order valence-corrected chi connectivity index (χ1v) is 8.68. The second-order valence-electron chi connectivity index (χ2n) is 4.75. The fourth-order valence-electron chi connectivity index (χ4n) is 2.06. The van der Waals surface area contributed by atoms with Crippen LogP contribution in [0.4, 0.5) is 5.69 Å². The summed E-state index contributed by atoms with van der Waals surface area (Å²) in [7, 11) is 1.34. The second-order valence-corrected chi connectivity index (χ2v) is 7.30. The molecule has 0 fully saturated rings. The summed E-state index contributed by atoms with van der Waals surface area (Å²) in [6.07, 6.45) is 0. The predicted molar refractivity (Wildman–Crippen MR) is 90.9 cm³/mol. The number of methoxy groups -OCH3 is 1. The number of carbonyl (C=O) groups excluding carboxylic acids is 1. The van der Waals surface area contributed by atoms with Gasteiger partial charge in [0, 0.05) is 5.75 Å². The first kappa shape index (κ1) is 15.2. The minimum absolute atomic E-state index is 0.0786. The van der Waals surface area contributed by atoms with E-state index in [4.69, 9.17) is 4.42 Å². The van der Waals surface area contributed by atoms with Gasteiger partial charge in [-0.2, -0.15) is 0 Å². The molecule has 0 spiro atoms. The van der Waals surface area contributed by atoms with E-state index in [1.807, 2.05) is 31.2 Å². The summed E-state index contributed by atoms with van der Waals surface area (Å²) < 4.78 is 11.2. The van der Waals surface area contributed by atoms with Crippen molar-refractivity contribution in [2.24, 2.45) is 4.99 Å². The quantitative estimate of drug-likeness (QED) is 0.756. The number of hydrogen-bond acceptors (Lipinski definition) is 6. The van der Waals surface area contributed by atoms with E-state index in [2.05, 4.69) is 15.8 Å². The molecule has 1 aliphatic heterocycles. The molecule has 0 N–H and O–H groups in total. The van der Waals surface area contributed by atoms with Gasteiger partial charge in [0.15, 0.2) is 0 Å². The van der Waals surface area contributed by atoms with E-state index in [0.717, 1.165) is 21.6 Å². The van der Waals surface area contributed by atoms with E-state index in [9.17, 15) is 4.79 Å². The zero-order valence-electron chi connectivity index (χ0n) is 12.2. The molecule has 0 radical (unpaired) electrons. The first-order valence-electron chi connectivity index (χ1n) is 6.81. The second kappa shape index (κ2) is 6.62. The Bertz CT molecular complexity index is 724. The highest BCUT2D eigenvalue weighted by Crippen LogP contribution is 2.40. The summed E-state index contributed by atoms with van der Waals surface area (Å²) in [5, 5.41) is 0.0786. The minimum Gasteiger partial charge on any atom is -0.463 e. The van der Waals surface area contributed by atoms with E-state index in [-0.39, 0.29) is 11.0 Å². The third-order valence-electron chi connectivity index (χ3n) is 3.25. The van der Waals surface area contributed by atoms with Crippen molar-refractivity contribution in [1.82, 2.24) is 0 Å². The lowest BCUT2D eigenvalue weighted by molar-refractivity contribution is 0.0563. The molecular weight excluding hydrogens is 318 g/mol. The molecule has 114 valence electrons. The van der Waals surface area contributed by atoms with E-state index in [0.29, 0.717) is 0 Å². The first-order chi connectivity index (χ1) is 10.7. The monoisotopic (exact) mass is 333 g/mol. The van der Waals surface area contributed by atoms with Crippen LogP contribution < -0.4 is 0 Å². The molecule has 0 bridgehead atoms. The summed E-state index contributed by atoms with van der Waals surface area (Å²) in [6.45, 7) is 2.04. The van der Waals surface area contributed by atoms with Crippen molar-refractivity contribution < 1.29 is 13.9 Å². The van der Waals surface area contributed by atoms with Crippen LogP contribution in [0, 0.1) is 0 Å². The number of esters is 1. The molecule has 0 amide bonds. The molecule has 1 aromatic carbocycles. The molecule has 1 atom stereocenters. The summed E-state index contributed by atoms with van der Waals surface area (Å²) >= 11 is 3.36. The van der Waals surface area contributed by atoms with E-state index in [1.165, 1.54) is 12.7 Å². The Hall–Kier alpha value is -1.66. The Morgan fingerprint density at radius 2 is 2.18 bits per heavy atom. The zero-order chi connectivity index (χ0) is 15.5. The minimum atomic E-state index is -0.457. The third kappa shape index (κ3) is 3.23. The average Bonchev–Trinajstić information content (AvgIpc) is 3.04. The van der Waals surface area contributed by atoms with Crippen LogP contribution in [0.3, 0.4) is 0 Å². The Labute approximate surface area is 137 Å². The molecule has 4 nitrogen and oxygen atoms in total. The Balaban J connectivity index is 1.72. The standard InChI is InChI=1S/C16H15NO3S2/c1-10(13-7-8-14(20-13)15(18)19-2)22-16-17-12-6-4-3-5-11(12)9-21-16/h3-8,10H,9H2,1-2H3. The van der Waals surface area contributed by atoms with Gasteiger partial charge < -0.3 is 9.15 Å². The van der Waals surface area contributed by atoms with Gasteiger partial charge in [0.05, 0.1) is 18.0 Å². The number of ether oxygens (including phenoxy) is 1. The lowest BCUT2D eigenvalue weighted by Crippen LogP contribution is -1.99. The maximum absolute atomic E-state index is 11.4. The smallest absolute Gasteiger partial charge is 0.373 e. The molecular formula is C16H15NO3S2. The highest BCUT2D eigenvalue weighted by Gasteiger charge is 2.20. The summed E-state index contributed by atoms with van der Waals surface area (Å²) in [5.74, 6) is 1.45. The van der Waals surface area contributed by atoms with Crippen molar-refractivity contribution in [2.75, 3.05) is 7.11 Å². The van der Waals surface area contributed by atoms with E-state index < -0.39 is 5.97 Å². The molecule has 0 saturated carbocycles. The molecule has 0 aliphatic carbocycles. The van der Waals surface area contributed by atoms with Gasteiger partial charge in [-0.05, 0) is 30.7 Å². The van der Waals surface area contributed by atoms with Crippen molar-refractivity contribution in [2.45, 2.75) is 17.9 Å². The van der Waals surface area contributed by atoms with Gasteiger partial charge >= 0.3 is 5.97 Å². The SMILES string of the molecule is COC(=O)c1ccc(C(C)SC2=Nc3ccccc3CS2)o1. The molecule has 1 aromatic heterocycles. The van der Waals surface area contributed by atoms with Crippen LogP contribution in [0.1, 0.15) is 34.1 Å². The Morgan fingerprint density at radius 1 is 1.36 bits per heavy atom. The number of furan rings is 1. The van der Waals surface area contributed by atoms with Crippen molar-refractivity contribution in [1.29, 1.82) is 0 Å². The van der Waals surface area contributed by atoms with Gasteiger partial charge in [-0.25, -0.2) is 9.79 Å². The third-order valence-corrected chi connectivity index (χ3v) is 5.56. The molecule has 3 rings (SSSR count). The van der Waals surface area contributed by atoms with Crippen LogP contribution >= 0.6 is 23.5 Å². The summed E-state index contributed by atoms with van der Waals surface area (Å²) in [5.41, 5.74) is 2.29. The highest BCUT2D eigenvalue weighted by molar-refractivity contribution is 8.38. The van der Waals surface area contributed by atoms with E-state index in [1.54, 1.807) is 29.6 Å². The van der Waals surface area contributed by atoms with Crippen molar-refractivity contribution in [3.05, 3.63) is 53.5 Å². The van der Waals surface area contributed by atoms with Crippen molar-refractivity contribution in [3.8, 4) is 0 Å². The van der Waals surface area contributed by atoms with Crippen LogP contribution in [0.2, 0.25) is 0 Å². The van der Waals surface area contributed by atoms with Crippen LogP contribution in [0.15, 0.2) is 45.8 Å². The molecule has 0 saturated heterocycles. The van der Waals surface area contributed by atoms with Gasteiger partial charge in [0.2, 0.25) is 5.76 Å². The Morgan fingerprint density at radius 3 is 3.00 bits per heavy atom. The van der Waals surface area contributed by atoms with Crippen molar-refractivity contribution in [3.63, 3.8) is 0 Å². The van der Waals surface area contributed by atoms with Crippen LogP contribution in [0.5, 0.6) is 0 Å². The topological polar surface area (TPSA) is 51.8 Å². The van der Waals surface area contributed by atoms with E-state index >= 15 is 0 Å². The summed E-state index contributed by atoms with van der Waals surface area (Å²) in [4.78, 5) is 16.1. The fourth-order valence-corrected chi connectivity index (χ4v) is 4.33. The molecule has 1 unspecified atom stereocenters. The molecule has 2 heterocycles. The normalized spacial score (nSPS) is 14.9.